The van der Waals surface area contributed by atoms with Gasteiger partial charge in [0.15, 0.2) is 0 Å². The Hall–Kier alpha value is -1.42. The Labute approximate surface area is 105 Å². The Balaban J connectivity index is 3.17. The van der Waals surface area contributed by atoms with Crippen molar-refractivity contribution in [1.82, 2.24) is 0 Å². The predicted octanol–water partition coefficient (Wildman–Crippen LogP) is 2.68. The molecular weight excluding hydrogens is 244 g/mol. The van der Waals surface area contributed by atoms with Gasteiger partial charge in [-0.2, -0.15) is 0 Å². The maximum Gasteiger partial charge on any atom is 0.303 e. The fraction of sp³-hybridized carbons (Fsp3) is 0.417. The van der Waals surface area contributed by atoms with E-state index in [2.05, 4.69) is 0 Å². The minimum absolute atomic E-state index is 0.0401. The topological polar surface area (TPSA) is 55.8 Å². The van der Waals surface area contributed by atoms with Crippen molar-refractivity contribution in [3.05, 3.63) is 22.2 Å². The standard InChI is InChI=1S/C12H15ClO4/c1-7-11(16-2)8(4-5-10(14)15)6-9(13)12(7)17-3/h6H,4-5H2,1-3H3,(H,14,15). The Kier molecular flexibility index (Phi) is 4.63. The molecule has 0 aliphatic carbocycles. The van der Waals surface area contributed by atoms with Crippen LogP contribution in [0.5, 0.6) is 11.5 Å². The van der Waals surface area contributed by atoms with Crippen LogP contribution in [-0.4, -0.2) is 25.3 Å². The molecular formula is C12H15ClO4. The van der Waals surface area contributed by atoms with Gasteiger partial charge in [0, 0.05) is 12.0 Å². The van der Waals surface area contributed by atoms with E-state index in [-0.39, 0.29) is 6.42 Å². The summed E-state index contributed by atoms with van der Waals surface area (Å²) in [4.78, 5) is 10.6. The van der Waals surface area contributed by atoms with E-state index >= 15 is 0 Å². The number of hydrogen-bond donors (Lipinski definition) is 1. The molecule has 0 saturated carbocycles. The lowest BCUT2D eigenvalue weighted by Gasteiger charge is -2.15. The molecule has 0 bridgehead atoms. The third kappa shape index (κ3) is 3.03. The van der Waals surface area contributed by atoms with Gasteiger partial charge in [-0.3, -0.25) is 4.79 Å². The fourth-order valence-electron chi connectivity index (χ4n) is 1.77. The van der Waals surface area contributed by atoms with E-state index in [1.54, 1.807) is 13.2 Å². The maximum atomic E-state index is 10.6. The van der Waals surface area contributed by atoms with Crippen molar-refractivity contribution in [2.24, 2.45) is 0 Å². The van der Waals surface area contributed by atoms with Gasteiger partial charge in [0.05, 0.1) is 19.2 Å². The second kappa shape index (κ2) is 5.77. The van der Waals surface area contributed by atoms with Crippen molar-refractivity contribution >= 4 is 17.6 Å². The molecule has 0 fully saturated rings. The van der Waals surface area contributed by atoms with Crippen LogP contribution in [0.1, 0.15) is 17.5 Å². The number of methoxy groups -OCH3 is 2. The molecule has 1 aromatic carbocycles. The second-order valence-electron chi connectivity index (χ2n) is 3.60. The van der Waals surface area contributed by atoms with Crippen LogP contribution in [0, 0.1) is 6.92 Å². The van der Waals surface area contributed by atoms with Crippen LogP contribution >= 0.6 is 11.6 Å². The van der Waals surface area contributed by atoms with Gasteiger partial charge in [0.1, 0.15) is 11.5 Å². The highest BCUT2D eigenvalue weighted by molar-refractivity contribution is 6.32. The van der Waals surface area contributed by atoms with Crippen molar-refractivity contribution in [3.63, 3.8) is 0 Å². The Bertz CT molecular complexity index is 429. The number of carbonyl (C=O) groups is 1. The first kappa shape index (κ1) is 13.6. The normalized spacial score (nSPS) is 10.1. The molecule has 1 N–H and O–H groups in total. The minimum Gasteiger partial charge on any atom is -0.496 e. The van der Waals surface area contributed by atoms with Gasteiger partial charge in [-0.05, 0) is 25.0 Å². The summed E-state index contributed by atoms with van der Waals surface area (Å²) in [5.74, 6) is 0.340. The maximum absolute atomic E-state index is 10.6. The Morgan fingerprint density at radius 3 is 2.41 bits per heavy atom. The van der Waals surface area contributed by atoms with Crippen LogP contribution in [0.2, 0.25) is 5.02 Å². The molecule has 0 unspecified atom stereocenters. The second-order valence-corrected chi connectivity index (χ2v) is 4.01. The van der Waals surface area contributed by atoms with Crippen molar-refractivity contribution in [2.75, 3.05) is 14.2 Å². The highest BCUT2D eigenvalue weighted by Crippen LogP contribution is 2.38. The summed E-state index contributed by atoms with van der Waals surface area (Å²) in [6.07, 6.45) is 0.418. The summed E-state index contributed by atoms with van der Waals surface area (Å²) in [7, 11) is 3.07. The Morgan fingerprint density at radius 2 is 1.94 bits per heavy atom. The fourth-order valence-corrected chi connectivity index (χ4v) is 2.12. The average molecular weight is 259 g/mol. The van der Waals surface area contributed by atoms with E-state index in [1.165, 1.54) is 7.11 Å². The lowest BCUT2D eigenvalue weighted by molar-refractivity contribution is -0.136. The number of carboxylic acid groups (broad SMARTS) is 1. The number of hydrogen-bond acceptors (Lipinski definition) is 3. The Morgan fingerprint density at radius 1 is 1.35 bits per heavy atom. The van der Waals surface area contributed by atoms with E-state index in [0.29, 0.717) is 22.9 Å². The molecule has 0 aromatic heterocycles. The predicted molar refractivity (Wildman–Crippen MR) is 65.2 cm³/mol. The highest BCUT2D eigenvalue weighted by atomic mass is 35.5. The van der Waals surface area contributed by atoms with Gasteiger partial charge in [-0.25, -0.2) is 0 Å². The molecule has 0 saturated heterocycles. The summed E-state index contributed by atoms with van der Waals surface area (Å²) >= 11 is 6.05. The van der Waals surface area contributed by atoms with Crippen LogP contribution in [0.15, 0.2) is 6.07 Å². The zero-order valence-corrected chi connectivity index (χ0v) is 10.8. The van der Waals surface area contributed by atoms with Gasteiger partial charge in [0.2, 0.25) is 0 Å². The molecule has 94 valence electrons. The average Bonchev–Trinajstić information content (AvgIpc) is 2.26. The van der Waals surface area contributed by atoms with E-state index < -0.39 is 5.97 Å². The van der Waals surface area contributed by atoms with Gasteiger partial charge in [-0.1, -0.05) is 11.6 Å². The van der Waals surface area contributed by atoms with Crippen LogP contribution in [-0.2, 0) is 11.2 Å². The molecule has 0 aliphatic rings. The first-order valence-electron chi connectivity index (χ1n) is 5.13. The number of benzene rings is 1. The lowest BCUT2D eigenvalue weighted by Crippen LogP contribution is -2.02. The van der Waals surface area contributed by atoms with Crippen molar-refractivity contribution in [2.45, 2.75) is 19.8 Å². The van der Waals surface area contributed by atoms with Crippen molar-refractivity contribution in [3.8, 4) is 11.5 Å². The van der Waals surface area contributed by atoms with Crippen LogP contribution in [0.4, 0.5) is 0 Å². The molecule has 0 spiro atoms. The summed E-state index contributed by atoms with van der Waals surface area (Å²) in [6, 6.07) is 1.69. The molecule has 5 heteroatoms. The largest absolute Gasteiger partial charge is 0.496 e. The number of carboxylic acids is 1. The SMILES string of the molecule is COc1c(Cl)cc(CCC(=O)O)c(OC)c1C. The molecule has 17 heavy (non-hydrogen) atoms. The first-order chi connectivity index (χ1) is 8.01. The van der Waals surface area contributed by atoms with E-state index in [0.717, 1.165) is 11.1 Å². The monoisotopic (exact) mass is 258 g/mol. The molecule has 4 nitrogen and oxygen atoms in total. The van der Waals surface area contributed by atoms with E-state index in [4.69, 9.17) is 26.2 Å². The zero-order valence-electron chi connectivity index (χ0n) is 10.0. The number of halogens is 1. The van der Waals surface area contributed by atoms with Gasteiger partial charge in [0.25, 0.3) is 0 Å². The molecule has 1 rings (SSSR count). The third-order valence-electron chi connectivity index (χ3n) is 2.51. The highest BCUT2D eigenvalue weighted by Gasteiger charge is 2.16. The van der Waals surface area contributed by atoms with Gasteiger partial charge in [-0.15, -0.1) is 0 Å². The summed E-state index contributed by atoms with van der Waals surface area (Å²) in [5.41, 5.74) is 1.56. The molecule has 0 radical (unpaired) electrons. The van der Waals surface area contributed by atoms with Crippen molar-refractivity contribution in [1.29, 1.82) is 0 Å². The first-order valence-corrected chi connectivity index (χ1v) is 5.50. The van der Waals surface area contributed by atoms with Crippen LogP contribution in [0.25, 0.3) is 0 Å². The molecule has 0 aliphatic heterocycles. The third-order valence-corrected chi connectivity index (χ3v) is 2.79. The lowest BCUT2D eigenvalue weighted by atomic mass is 10.0. The quantitative estimate of drug-likeness (QED) is 0.882. The van der Waals surface area contributed by atoms with Crippen LogP contribution < -0.4 is 9.47 Å². The van der Waals surface area contributed by atoms with E-state index in [9.17, 15) is 4.79 Å². The van der Waals surface area contributed by atoms with Gasteiger partial charge >= 0.3 is 5.97 Å². The summed E-state index contributed by atoms with van der Waals surface area (Å²) in [5, 5.41) is 9.14. The smallest absolute Gasteiger partial charge is 0.303 e. The zero-order chi connectivity index (χ0) is 13.0. The van der Waals surface area contributed by atoms with E-state index in [1.807, 2.05) is 6.92 Å². The number of aliphatic carboxylic acids is 1. The summed E-state index contributed by atoms with van der Waals surface area (Å²) in [6.45, 7) is 1.83. The van der Waals surface area contributed by atoms with Crippen LogP contribution in [0.3, 0.4) is 0 Å². The number of aryl methyl sites for hydroxylation is 1. The molecule has 0 amide bonds. The van der Waals surface area contributed by atoms with Gasteiger partial charge < -0.3 is 14.6 Å². The molecule has 0 atom stereocenters. The number of rotatable bonds is 5. The number of ether oxygens (including phenoxy) is 2. The minimum atomic E-state index is -0.850. The molecule has 1 aromatic rings. The van der Waals surface area contributed by atoms with Crippen molar-refractivity contribution < 1.29 is 19.4 Å². The molecule has 0 heterocycles. The summed E-state index contributed by atoms with van der Waals surface area (Å²) < 4.78 is 10.4.